The molecule has 0 aliphatic heterocycles. The van der Waals surface area contributed by atoms with E-state index in [0.717, 1.165) is 13.0 Å². The highest BCUT2D eigenvalue weighted by atomic mass is 32.4. The van der Waals surface area contributed by atoms with Gasteiger partial charge in [0.25, 0.3) is 0 Å². The molecule has 0 bridgehead atoms. The van der Waals surface area contributed by atoms with Crippen molar-refractivity contribution in [2.75, 3.05) is 6.61 Å². The second-order valence-electron chi connectivity index (χ2n) is 0.908. The Balaban J connectivity index is 2.49. The summed E-state index contributed by atoms with van der Waals surface area (Å²) in [6.45, 7) is 2.85. The van der Waals surface area contributed by atoms with Crippen LogP contribution in [0.4, 0.5) is 0 Å². The summed E-state index contributed by atoms with van der Waals surface area (Å²) in [5.74, 6) is 0. The Kier molecular flexibility index (Phi) is 5.92. The van der Waals surface area contributed by atoms with Gasteiger partial charge in [-0.3, -0.25) is 0 Å². The lowest BCUT2D eigenvalue weighted by Crippen LogP contribution is -1.74. The maximum atomic E-state index is 4.77. The van der Waals surface area contributed by atoms with Crippen molar-refractivity contribution in [1.82, 2.24) is 0 Å². The van der Waals surface area contributed by atoms with Gasteiger partial charge in [-0.15, -0.1) is 0 Å². The first kappa shape index (κ1) is 6.48. The minimum atomic E-state index is 0.629. The quantitative estimate of drug-likeness (QED) is 0.416. The van der Waals surface area contributed by atoms with Crippen molar-refractivity contribution < 1.29 is 4.52 Å². The fourth-order valence-corrected chi connectivity index (χ4v) is 0.609. The van der Waals surface area contributed by atoms with Crippen LogP contribution in [-0.2, 0) is 16.3 Å². The van der Waals surface area contributed by atoms with E-state index in [-0.39, 0.29) is 0 Å². The molecule has 0 saturated carbocycles. The highest BCUT2D eigenvalue weighted by molar-refractivity contribution is 7.94. The molecule has 0 unspecified atom stereocenters. The van der Waals surface area contributed by atoms with Crippen LogP contribution in [0.2, 0.25) is 0 Å². The summed E-state index contributed by atoms with van der Waals surface area (Å²) in [4.78, 5) is 0. The molecule has 0 heterocycles. The maximum absolute atomic E-state index is 4.77. The topological polar surface area (TPSA) is 9.23 Å². The fourth-order valence-electron chi connectivity index (χ4n) is 0.129. The molecule has 6 heavy (non-hydrogen) atoms. The highest BCUT2D eigenvalue weighted by Gasteiger charge is 1.71. The Morgan fingerprint density at radius 1 is 1.83 bits per heavy atom. The average molecular weight is 122 g/mol. The Hall–Kier alpha value is 0.480. The number of hydrogen-bond acceptors (Lipinski definition) is 2. The van der Waals surface area contributed by atoms with E-state index in [1.165, 1.54) is 0 Å². The van der Waals surface area contributed by atoms with Gasteiger partial charge in [-0.05, 0) is 18.2 Å². The first-order chi connectivity index (χ1) is 2.91. The molecule has 0 fully saturated rings. The largest absolute Gasteiger partial charge is 0.317 e. The molecule has 0 aromatic heterocycles. The zero-order valence-corrected chi connectivity index (χ0v) is 5.39. The lowest BCUT2D eigenvalue weighted by molar-refractivity contribution is 0.370. The molecule has 0 radical (unpaired) electrons. The van der Waals surface area contributed by atoms with E-state index < -0.39 is 0 Å². The fraction of sp³-hybridized carbons (Fsp3) is 1.00. The van der Waals surface area contributed by atoms with E-state index in [4.69, 9.17) is 4.52 Å². The van der Waals surface area contributed by atoms with Gasteiger partial charge in [0.2, 0.25) is 0 Å². The summed E-state index contributed by atoms with van der Waals surface area (Å²) in [7, 11) is 0.629. The Bertz CT molecular complexity index is 39.8. The van der Waals surface area contributed by atoms with Gasteiger partial charge in [0.15, 0.2) is 0 Å². The Morgan fingerprint density at radius 2 is 2.50 bits per heavy atom. The SMILES string of the molecule is CCCOP=S. The van der Waals surface area contributed by atoms with Crippen LogP contribution < -0.4 is 0 Å². The van der Waals surface area contributed by atoms with Crippen LogP contribution in [0.25, 0.3) is 0 Å². The van der Waals surface area contributed by atoms with Gasteiger partial charge in [-0.2, -0.15) is 0 Å². The van der Waals surface area contributed by atoms with E-state index in [1.54, 1.807) is 0 Å². The summed E-state index contributed by atoms with van der Waals surface area (Å²) in [5, 5.41) is 0. The summed E-state index contributed by atoms with van der Waals surface area (Å²) < 4.78 is 4.77. The first-order valence-corrected chi connectivity index (χ1v) is 3.69. The molecular weight excluding hydrogens is 115 g/mol. The van der Waals surface area contributed by atoms with E-state index in [2.05, 4.69) is 18.7 Å². The molecule has 0 amide bonds. The van der Waals surface area contributed by atoms with Crippen LogP contribution in [0.1, 0.15) is 13.3 Å². The predicted octanol–water partition coefficient (Wildman–Crippen LogP) is 1.74. The van der Waals surface area contributed by atoms with Crippen molar-refractivity contribution in [3.8, 4) is 0 Å². The van der Waals surface area contributed by atoms with Crippen LogP contribution in [-0.4, -0.2) is 6.61 Å². The van der Waals surface area contributed by atoms with E-state index >= 15 is 0 Å². The summed E-state index contributed by atoms with van der Waals surface area (Å²) in [6, 6.07) is 0. The molecule has 3 heteroatoms. The van der Waals surface area contributed by atoms with Gasteiger partial charge in [0.1, 0.15) is 7.58 Å². The zero-order chi connectivity index (χ0) is 4.83. The molecule has 0 aliphatic rings. The van der Waals surface area contributed by atoms with Crippen molar-refractivity contribution in [1.29, 1.82) is 0 Å². The smallest absolute Gasteiger partial charge is 0.136 e. The van der Waals surface area contributed by atoms with Crippen LogP contribution in [0.3, 0.4) is 0 Å². The molecule has 0 rings (SSSR count). The lowest BCUT2D eigenvalue weighted by atomic mass is 10.5. The minimum absolute atomic E-state index is 0.629. The predicted molar refractivity (Wildman–Crippen MR) is 30.5 cm³/mol. The number of rotatable bonds is 3. The van der Waals surface area contributed by atoms with Crippen molar-refractivity contribution in [2.24, 2.45) is 0 Å². The lowest BCUT2D eigenvalue weighted by Gasteiger charge is -1.83. The summed E-state index contributed by atoms with van der Waals surface area (Å²) in [5.41, 5.74) is 0. The Morgan fingerprint density at radius 3 is 2.67 bits per heavy atom. The molecule has 0 saturated heterocycles. The highest BCUT2D eigenvalue weighted by Crippen LogP contribution is 1.93. The van der Waals surface area contributed by atoms with Gasteiger partial charge >= 0.3 is 0 Å². The number of hydrogen-bond donors (Lipinski definition) is 0. The van der Waals surface area contributed by atoms with Gasteiger partial charge in [-0.1, -0.05) is 6.92 Å². The van der Waals surface area contributed by atoms with Gasteiger partial charge in [0.05, 0.1) is 6.61 Å². The molecule has 1 nitrogen and oxygen atoms in total. The second-order valence-corrected chi connectivity index (χ2v) is 1.76. The Labute approximate surface area is 44.6 Å². The molecule has 0 aromatic carbocycles. The van der Waals surface area contributed by atoms with Gasteiger partial charge in [-0.25, -0.2) is 0 Å². The molecule has 0 spiro atoms. The minimum Gasteiger partial charge on any atom is -0.317 e. The summed E-state index contributed by atoms with van der Waals surface area (Å²) >= 11 is 4.47. The third kappa shape index (κ3) is 4.48. The van der Waals surface area contributed by atoms with Gasteiger partial charge in [0, 0.05) is 0 Å². The molecule has 0 aliphatic carbocycles. The van der Waals surface area contributed by atoms with Crippen LogP contribution in [0, 0.1) is 0 Å². The van der Waals surface area contributed by atoms with Crippen molar-refractivity contribution in [3.63, 3.8) is 0 Å². The molecule has 0 N–H and O–H groups in total. The molecule has 0 aromatic rings. The van der Waals surface area contributed by atoms with Crippen molar-refractivity contribution >= 4 is 19.4 Å². The maximum Gasteiger partial charge on any atom is 0.136 e. The van der Waals surface area contributed by atoms with Crippen LogP contribution in [0.5, 0.6) is 0 Å². The summed E-state index contributed by atoms with van der Waals surface area (Å²) in [6.07, 6.45) is 1.06. The first-order valence-electron chi connectivity index (χ1n) is 1.86. The van der Waals surface area contributed by atoms with Crippen molar-refractivity contribution in [2.45, 2.75) is 13.3 Å². The van der Waals surface area contributed by atoms with E-state index in [0.29, 0.717) is 7.58 Å². The van der Waals surface area contributed by atoms with Crippen LogP contribution in [0.15, 0.2) is 0 Å². The third-order valence-corrected chi connectivity index (χ3v) is 0.952. The average Bonchev–Trinajstić information content (AvgIpc) is 1.61. The van der Waals surface area contributed by atoms with Crippen LogP contribution >= 0.6 is 7.58 Å². The van der Waals surface area contributed by atoms with Gasteiger partial charge < -0.3 is 4.52 Å². The monoisotopic (exact) mass is 122 g/mol. The van der Waals surface area contributed by atoms with E-state index in [9.17, 15) is 0 Å². The van der Waals surface area contributed by atoms with E-state index in [1.807, 2.05) is 0 Å². The standard InChI is InChI=1S/C3H7OPS/c1-2-3-4-5-6/h2-3H2,1H3. The molecular formula is C3H7OPS. The normalized spacial score (nSPS) is 9.50. The molecule has 36 valence electrons. The second kappa shape index (κ2) is 5.48. The van der Waals surface area contributed by atoms with Crippen molar-refractivity contribution in [3.05, 3.63) is 0 Å². The molecule has 0 atom stereocenters. The zero-order valence-electron chi connectivity index (χ0n) is 3.68. The third-order valence-electron chi connectivity index (χ3n) is 0.348.